The van der Waals surface area contributed by atoms with E-state index >= 15 is 0 Å². The maximum Gasteiger partial charge on any atom is 0.338 e. The van der Waals surface area contributed by atoms with Crippen molar-refractivity contribution in [2.75, 3.05) is 13.2 Å². The third kappa shape index (κ3) is 3.36. The summed E-state index contributed by atoms with van der Waals surface area (Å²) in [6.07, 6.45) is 1.54. The number of hydrogen-bond acceptors (Lipinski definition) is 3. The first-order valence-electron chi connectivity index (χ1n) is 5.24. The minimum Gasteiger partial charge on any atom is -0.462 e. The second-order valence-corrected chi connectivity index (χ2v) is 3.29. The van der Waals surface area contributed by atoms with Crippen molar-refractivity contribution in [2.45, 2.75) is 19.8 Å². The Morgan fingerprint density at radius 2 is 2.13 bits per heavy atom. The zero-order valence-corrected chi connectivity index (χ0v) is 9.03. The van der Waals surface area contributed by atoms with E-state index in [1.54, 1.807) is 6.07 Å². The van der Waals surface area contributed by atoms with Crippen LogP contribution in [0.15, 0.2) is 24.3 Å². The van der Waals surface area contributed by atoms with Gasteiger partial charge in [-0.3, -0.25) is 0 Å². The predicted molar refractivity (Wildman–Crippen MR) is 59.8 cm³/mol. The number of nitrogens with two attached hydrogens (primary N) is 1. The Bertz CT molecular complexity index is 323. The topological polar surface area (TPSA) is 52.3 Å². The number of esters is 1. The molecule has 0 atom stereocenters. The second-order valence-electron chi connectivity index (χ2n) is 3.29. The fraction of sp³-hybridized carbons (Fsp3) is 0.417. The molecule has 3 nitrogen and oxygen atoms in total. The van der Waals surface area contributed by atoms with E-state index in [0.717, 1.165) is 12.0 Å². The fourth-order valence-electron chi connectivity index (χ4n) is 1.35. The van der Waals surface area contributed by atoms with E-state index in [1.807, 2.05) is 25.1 Å². The van der Waals surface area contributed by atoms with E-state index < -0.39 is 0 Å². The molecule has 0 aliphatic heterocycles. The Kier molecular flexibility index (Phi) is 4.84. The average molecular weight is 207 g/mol. The monoisotopic (exact) mass is 207 g/mol. The van der Waals surface area contributed by atoms with Crippen LogP contribution < -0.4 is 5.73 Å². The van der Waals surface area contributed by atoms with Gasteiger partial charge in [0, 0.05) is 0 Å². The molecule has 15 heavy (non-hydrogen) atoms. The van der Waals surface area contributed by atoms with Crippen LogP contribution in [0.25, 0.3) is 0 Å². The van der Waals surface area contributed by atoms with Gasteiger partial charge < -0.3 is 10.5 Å². The van der Waals surface area contributed by atoms with Crippen molar-refractivity contribution in [1.82, 2.24) is 0 Å². The Hall–Kier alpha value is -1.35. The largest absolute Gasteiger partial charge is 0.462 e. The molecule has 0 radical (unpaired) electrons. The number of hydrogen-bond donors (Lipinski definition) is 1. The lowest BCUT2D eigenvalue weighted by molar-refractivity contribution is 0.0501. The highest BCUT2D eigenvalue weighted by Gasteiger charge is 2.10. The summed E-state index contributed by atoms with van der Waals surface area (Å²) in [6, 6.07) is 7.51. The molecule has 0 saturated carbocycles. The fourth-order valence-corrected chi connectivity index (χ4v) is 1.35. The molecule has 0 amide bonds. The summed E-state index contributed by atoms with van der Waals surface area (Å²) < 4.78 is 5.09. The van der Waals surface area contributed by atoms with Gasteiger partial charge in [-0.25, -0.2) is 4.79 Å². The molecular weight excluding hydrogens is 190 g/mol. The molecular formula is C12H17NO2. The normalized spacial score (nSPS) is 10.0. The van der Waals surface area contributed by atoms with Crippen LogP contribution in [0, 0.1) is 0 Å². The van der Waals surface area contributed by atoms with Gasteiger partial charge in [0.15, 0.2) is 0 Å². The van der Waals surface area contributed by atoms with Crippen molar-refractivity contribution in [1.29, 1.82) is 0 Å². The van der Waals surface area contributed by atoms with Gasteiger partial charge in [0.2, 0.25) is 0 Å². The first-order valence-corrected chi connectivity index (χ1v) is 5.24. The highest BCUT2D eigenvalue weighted by molar-refractivity contribution is 5.91. The molecule has 0 bridgehead atoms. The number of ether oxygens (including phenoxy) is 1. The van der Waals surface area contributed by atoms with Crippen molar-refractivity contribution in [2.24, 2.45) is 5.73 Å². The van der Waals surface area contributed by atoms with Gasteiger partial charge in [-0.2, -0.15) is 0 Å². The number of carbonyl (C=O) groups excluding carboxylic acids is 1. The highest BCUT2D eigenvalue weighted by atomic mass is 16.5. The summed E-state index contributed by atoms with van der Waals surface area (Å²) >= 11 is 0. The molecule has 0 aliphatic rings. The summed E-state index contributed by atoms with van der Waals surface area (Å²) in [5.41, 5.74) is 7.01. The molecule has 2 N–H and O–H groups in total. The van der Waals surface area contributed by atoms with Crippen LogP contribution >= 0.6 is 0 Å². The Labute approximate surface area is 90.2 Å². The molecule has 1 aromatic rings. The quantitative estimate of drug-likeness (QED) is 0.591. The molecule has 3 heteroatoms. The van der Waals surface area contributed by atoms with E-state index in [9.17, 15) is 4.79 Å². The van der Waals surface area contributed by atoms with E-state index in [-0.39, 0.29) is 5.97 Å². The smallest absolute Gasteiger partial charge is 0.338 e. The van der Waals surface area contributed by atoms with Gasteiger partial charge in [0.25, 0.3) is 0 Å². The summed E-state index contributed by atoms with van der Waals surface area (Å²) in [6.45, 7) is 2.96. The molecule has 0 unspecified atom stereocenters. The maximum atomic E-state index is 11.6. The minimum absolute atomic E-state index is 0.249. The summed E-state index contributed by atoms with van der Waals surface area (Å²) in [7, 11) is 0. The van der Waals surface area contributed by atoms with Crippen molar-refractivity contribution in [3.05, 3.63) is 35.4 Å². The molecule has 0 saturated heterocycles. The second kappa shape index (κ2) is 6.19. The molecule has 0 aliphatic carbocycles. The van der Waals surface area contributed by atoms with Gasteiger partial charge in [0.1, 0.15) is 0 Å². The van der Waals surface area contributed by atoms with Gasteiger partial charge in [-0.05, 0) is 31.0 Å². The van der Waals surface area contributed by atoms with E-state index in [2.05, 4.69) is 0 Å². The van der Waals surface area contributed by atoms with Crippen LogP contribution in [-0.2, 0) is 11.2 Å². The van der Waals surface area contributed by atoms with Crippen LogP contribution in [0.5, 0.6) is 0 Å². The highest BCUT2D eigenvalue weighted by Crippen LogP contribution is 2.10. The third-order valence-electron chi connectivity index (χ3n) is 2.20. The third-order valence-corrected chi connectivity index (χ3v) is 2.20. The van der Waals surface area contributed by atoms with Crippen LogP contribution in [0.3, 0.4) is 0 Å². The minimum atomic E-state index is -0.249. The number of benzene rings is 1. The zero-order chi connectivity index (χ0) is 11.1. The van der Waals surface area contributed by atoms with Gasteiger partial charge in [0.05, 0.1) is 12.2 Å². The van der Waals surface area contributed by atoms with E-state index in [4.69, 9.17) is 10.5 Å². The zero-order valence-electron chi connectivity index (χ0n) is 9.03. The maximum absolute atomic E-state index is 11.6. The van der Waals surface area contributed by atoms with E-state index in [0.29, 0.717) is 25.1 Å². The van der Waals surface area contributed by atoms with Crippen molar-refractivity contribution < 1.29 is 9.53 Å². The Morgan fingerprint density at radius 1 is 1.40 bits per heavy atom. The van der Waals surface area contributed by atoms with Crippen LogP contribution in [0.2, 0.25) is 0 Å². The SMILES string of the molecule is CCc1ccccc1C(=O)OCCCN. The summed E-state index contributed by atoms with van der Waals surface area (Å²) in [5.74, 6) is -0.249. The average Bonchev–Trinajstić information content (AvgIpc) is 2.29. The molecule has 82 valence electrons. The van der Waals surface area contributed by atoms with Crippen molar-refractivity contribution in [3.63, 3.8) is 0 Å². The van der Waals surface area contributed by atoms with E-state index in [1.165, 1.54) is 0 Å². The first-order chi connectivity index (χ1) is 7.29. The van der Waals surface area contributed by atoms with Gasteiger partial charge in [-0.1, -0.05) is 25.1 Å². The summed E-state index contributed by atoms with van der Waals surface area (Å²) in [5, 5.41) is 0. The summed E-state index contributed by atoms with van der Waals surface area (Å²) in [4.78, 5) is 11.6. The number of aryl methyl sites for hydroxylation is 1. The van der Waals surface area contributed by atoms with Crippen LogP contribution in [0.4, 0.5) is 0 Å². The predicted octanol–water partition coefficient (Wildman–Crippen LogP) is 1.75. The van der Waals surface area contributed by atoms with Crippen LogP contribution in [0.1, 0.15) is 29.3 Å². The molecule has 0 heterocycles. The first kappa shape index (κ1) is 11.7. The molecule has 0 spiro atoms. The van der Waals surface area contributed by atoms with Crippen molar-refractivity contribution in [3.8, 4) is 0 Å². The van der Waals surface area contributed by atoms with Crippen LogP contribution in [-0.4, -0.2) is 19.1 Å². The van der Waals surface area contributed by atoms with Gasteiger partial charge in [-0.15, -0.1) is 0 Å². The lowest BCUT2D eigenvalue weighted by atomic mass is 10.1. The number of rotatable bonds is 5. The molecule has 0 fully saturated rings. The standard InChI is InChI=1S/C12H17NO2/c1-2-10-6-3-4-7-11(10)12(14)15-9-5-8-13/h3-4,6-7H,2,5,8-9,13H2,1H3. The van der Waals surface area contributed by atoms with Gasteiger partial charge >= 0.3 is 5.97 Å². The lowest BCUT2D eigenvalue weighted by Gasteiger charge is -2.07. The van der Waals surface area contributed by atoms with Crippen molar-refractivity contribution >= 4 is 5.97 Å². The molecule has 0 aromatic heterocycles. The molecule has 1 rings (SSSR count). The number of carbonyl (C=O) groups is 1. The molecule has 1 aromatic carbocycles. The Balaban J connectivity index is 2.64. The lowest BCUT2D eigenvalue weighted by Crippen LogP contribution is -2.11. The Morgan fingerprint density at radius 3 is 2.80 bits per heavy atom.